The molecule has 2 heterocycles. The van der Waals surface area contributed by atoms with E-state index in [-0.39, 0.29) is 30.0 Å². The molecule has 0 radical (unpaired) electrons. The predicted octanol–water partition coefficient (Wildman–Crippen LogP) is 2.77. The van der Waals surface area contributed by atoms with Crippen LogP contribution in [0.1, 0.15) is 18.2 Å². The van der Waals surface area contributed by atoms with Crippen molar-refractivity contribution in [3.8, 4) is 0 Å². The second-order valence-electron chi connectivity index (χ2n) is 5.72. The maximum absolute atomic E-state index is 13.3. The van der Waals surface area contributed by atoms with E-state index in [9.17, 15) is 9.18 Å². The van der Waals surface area contributed by atoms with Crippen molar-refractivity contribution in [1.82, 2.24) is 10.6 Å². The molecule has 0 saturated carbocycles. The van der Waals surface area contributed by atoms with Crippen molar-refractivity contribution < 1.29 is 13.6 Å². The molecule has 1 saturated heterocycles. The van der Waals surface area contributed by atoms with Crippen LogP contribution >= 0.6 is 12.4 Å². The lowest BCUT2D eigenvalue weighted by atomic mass is 9.88. The Bertz CT molecular complexity index is 682. The average molecular weight is 327 g/mol. The number of hydrogen-bond donors (Lipinski definition) is 2. The summed E-state index contributed by atoms with van der Waals surface area (Å²) in [5.41, 5.74) is 1.53. The van der Waals surface area contributed by atoms with Gasteiger partial charge >= 0.3 is 0 Å². The van der Waals surface area contributed by atoms with E-state index in [1.807, 2.05) is 13.8 Å². The highest BCUT2D eigenvalue weighted by Crippen LogP contribution is 2.26. The van der Waals surface area contributed by atoms with Crippen LogP contribution in [0.5, 0.6) is 0 Å². The lowest BCUT2D eigenvalue weighted by Crippen LogP contribution is -2.49. The quantitative estimate of drug-likeness (QED) is 0.908. The average Bonchev–Trinajstić information content (AvgIpc) is 2.71. The van der Waals surface area contributed by atoms with E-state index in [1.54, 1.807) is 6.07 Å². The molecule has 120 valence electrons. The molecule has 3 rings (SSSR count). The Morgan fingerprint density at radius 2 is 2.23 bits per heavy atom. The first-order chi connectivity index (χ1) is 10.1. The number of halogens is 2. The monoisotopic (exact) mass is 326 g/mol. The SMILES string of the molecule is Cc1c(CNC(=O)C(C)C2CNC2)oc2ccc(F)cc12.Cl. The molecule has 22 heavy (non-hydrogen) atoms. The summed E-state index contributed by atoms with van der Waals surface area (Å²) in [5, 5.41) is 6.84. The minimum absolute atomic E-state index is 0. The summed E-state index contributed by atoms with van der Waals surface area (Å²) < 4.78 is 19.0. The lowest BCUT2D eigenvalue weighted by Gasteiger charge is -2.31. The van der Waals surface area contributed by atoms with Gasteiger partial charge in [-0.3, -0.25) is 4.79 Å². The molecule has 2 N–H and O–H groups in total. The van der Waals surface area contributed by atoms with Gasteiger partial charge in [-0.05, 0) is 44.1 Å². The first-order valence-corrected chi connectivity index (χ1v) is 7.22. The highest BCUT2D eigenvalue weighted by atomic mass is 35.5. The van der Waals surface area contributed by atoms with Gasteiger partial charge in [0.15, 0.2) is 0 Å². The highest BCUT2D eigenvalue weighted by molar-refractivity contribution is 5.85. The molecule has 0 spiro atoms. The summed E-state index contributed by atoms with van der Waals surface area (Å²) in [5.74, 6) is 0.841. The second-order valence-corrected chi connectivity index (χ2v) is 5.72. The van der Waals surface area contributed by atoms with Gasteiger partial charge in [0.2, 0.25) is 5.91 Å². The molecule has 1 aliphatic heterocycles. The Hall–Kier alpha value is -1.59. The van der Waals surface area contributed by atoms with Gasteiger partial charge in [-0.1, -0.05) is 6.92 Å². The fraction of sp³-hybridized carbons (Fsp3) is 0.438. The van der Waals surface area contributed by atoms with Crippen LogP contribution in [0.4, 0.5) is 4.39 Å². The zero-order valence-electron chi connectivity index (χ0n) is 12.6. The van der Waals surface area contributed by atoms with Gasteiger partial charge in [0.25, 0.3) is 0 Å². The highest BCUT2D eigenvalue weighted by Gasteiger charge is 2.28. The number of benzene rings is 1. The van der Waals surface area contributed by atoms with Crippen molar-refractivity contribution >= 4 is 29.3 Å². The molecule has 1 atom stereocenters. The number of carbonyl (C=O) groups excluding carboxylic acids is 1. The fourth-order valence-electron chi connectivity index (χ4n) is 2.62. The molecule has 0 aliphatic carbocycles. The minimum atomic E-state index is -0.284. The Morgan fingerprint density at radius 3 is 2.86 bits per heavy atom. The van der Waals surface area contributed by atoms with Crippen LogP contribution in [0, 0.1) is 24.6 Å². The molecule has 1 aromatic heterocycles. The topological polar surface area (TPSA) is 54.3 Å². The zero-order valence-corrected chi connectivity index (χ0v) is 13.4. The lowest BCUT2D eigenvalue weighted by molar-refractivity contribution is -0.126. The van der Waals surface area contributed by atoms with Gasteiger partial charge < -0.3 is 15.1 Å². The standard InChI is InChI=1S/C16H19FN2O2.ClH/c1-9(11-6-18-7-11)16(20)19-8-15-10(2)13-5-12(17)3-4-14(13)21-15;/h3-5,9,11,18H,6-8H2,1-2H3,(H,19,20);1H. The first kappa shape index (κ1) is 16.8. The predicted molar refractivity (Wildman–Crippen MR) is 85.5 cm³/mol. The van der Waals surface area contributed by atoms with Crippen molar-refractivity contribution in [1.29, 1.82) is 0 Å². The van der Waals surface area contributed by atoms with Crippen molar-refractivity contribution in [2.45, 2.75) is 20.4 Å². The van der Waals surface area contributed by atoms with E-state index >= 15 is 0 Å². The molecule has 1 aromatic carbocycles. The molecule has 1 fully saturated rings. The Labute approximate surface area is 134 Å². The van der Waals surface area contributed by atoms with Gasteiger partial charge in [-0.15, -0.1) is 12.4 Å². The number of nitrogens with one attached hydrogen (secondary N) is 2. The second kappa shape index (κ2) is 6.67. The summed E-state index contributed by atoms with van der Waals surface area (Å²) >= 11 is 0. The van der Waals surface area contributed by atoms with Crippen LogP contribution < -0.4 is 10.6 Å². The van der Waals surface area contributed by atoms with Gasteiger partial charge in [-0.2, -0.15) is 0 Å². The van der Waals surface area contributed by atoms with Crippen LogP contribution in [-0.2, 0) is 11.3 Å². The van der Waals surface area contributed by atoms with Crippen LogP contribution in [0.15, 0.2) is 22.6 Å². The number of hydrogen-bond acceptors (Lipinski definition) is 3. The summed E-state index contributed by atoms with van der Waals surface area (Å²) in [6, 6.07) is 4.45. The third kappa shape index (κ3) is 3.10. The molecule has 1 aliphatic rings. The number of furan rings is 1. The van der Waals surface area contributed by atoms with E-state index in [2.05, 4.69) is 10.6 Å². The third-order valence-corrected chi connectivity index (χ3v) is 4.35. The number of rotatable bonds is 4. The maximum atomic E-state index is 13.3. The normalized spacial score (nSPS) is 16.0. The van der Waals surface area contributed by atoms with E-state index in [0.717, 1.165) is 24.0 Å². The third-order valence-electron chi connectivity index (χ3n) is 4.35. The van der Waals surface area contributed by atoms with E-state index < -0.39 is 0 Å². The molecule has 1 amide bonds. The van der Waals surface area contributed by atoms with Crippen LogP contribution in [-0.4, -0.2) is 19.0 Å². The summed E-state index contributed by atoms with van der Waals surface area (Å²) in [4.78, 5) is 12.1. The van der Waals surface area contributed by atoms with Gasteiger partial charge in [-0.25, -0.2) is 4.39 Å². The van der Waals surface area contributed by atoms with Crippen molar-refractivity contribution in [3.63, 3.8) is 0 Å². The Balaban J connectivity index is 0.00000176. The molecule has 6 heteroatoms. The van der Waals surface area contributed by atoms with Gasteiger partial charge in [0.05, 0.1) is 6.54 Å². The fourth-order valence-corrected chi connectivity index (χ4v) is 2.62. The van der Waals surface area contributed by atoms with Crippen LogP contribution in [0.2, 0.25) is 0 Å². The van der Waals surface area contributed by atoms with Gasteiger partial charge in [0, 0.05) is 16.9 Å². The van der Waals surface area contributed by atoms with E-state index in [4.69, 9.17) is 4.42 Å². The number of fused-ring (bicyclic) bond motifs is 1. The summed E-state index contributed by atoms with van der Waals surface area (Å²) in [6.45, 7) is 5.97. The van der Waals surface area contributed by atoms with E-state index in [0.29, 0.717) is 23.8 Å². The molecular weight excluding hydrogens is 307 g/mol. The molecule has 1 unspecified atom stereocenters. The maximum Gasteiger partial charge on any atom is 0.223 e. The number of carbonyl (C=O) groups is 1. The first-order valence-electron chi connectivity index (χ1n) is 7.22. The molecule has 0 bridgehead atoms. The van der Waals surface area contributed by atoms with Crippen LogP contribution in [0.25, 0.3) is 11.0 Å². The van der Waals surface area contributed by atoms with Gasteiger partial charge in [0.1, 0.15) is 17.2 Å². The summed E-state index contributed by atoms with van der Waals surface area (Å²) in [6.07, 6.45) is 0. The van der Waals surface area contributed by atoms with Crippen molar-refractivity contribution in [3.05, 3.63) is 35.3 Å². The Kier molecular flexibility index (Phi) is 5.08. The molecule has 4 nitrogen and oxygen atoms in total. The largest absolute Gasteiger partial charge is 0.459 e. The number of amides is 1. The zero-order chi connectivity index (χ0) is 15.0. The summed E-state index contributed by atoms with van der Waals surface area (Å²) in [7, 11) is 0. The minimum Gasteiger partial charge on any atom is -0.459 e. The van der Waals surface area contributed by atoms with Crippen molar-refractivity contribution in [2.75, 3.05) is 13.1 Å². The van der Waals surface area contributed by atoms with Crippen LogP contribution in [0.3, 0.4) is 0 Å². The smallest absolute Gasteiger partial charge is 0.223 e. The van der Waals surface area contributed by atoms with Crippen molar-refractivity contribution in [2.24, 2.45) is 11.8 Å². The van der Waals surface area contributed by atoms with E-state index in [1.165, 1.54) is 12.1 Å². The number of aryl methyl sites for hydroxylation is 1. The molecule has 2 aromatic rings. The Morgan fingerprint density at radius 1 is 1.50 bits per heavy atom. The molecular formula is C16H20ClFN2O2.